The average molecular weight is 394 g/mol. The number of aromatic hydroxyl groups is 1. The van der Waals surface area contributed by atoms with Gasteiger partial charge in [-0.15, -0.1) is 0 Å². The zero-order valence-corrected chi connectivity index (χ0v) is 16.4. The second-order valence-corrected chi connectivity index (χ2v) is 7.67. The molecule has 0 amide bonds. The first-order valence-electron chi connectivity index (χ1n) is 9.08. The van der Waals surface area contributed by atoms with Crippen LogP contribution in [0.15, 0.2) is 75.9 Å². The number of hydrogen-bond donors (Lipinski definition) is 1. The third-order valence-corrected chi connectivity index (χ3v) is 5.63. The third kappa shape index (κ3) is 5.14. The molecule has 1 aromatic heterocycles. The largest absolute Gasteiger partial charge is 0.507 e. The van der Waals surface area contributed by atoms with Crippen molar-refractivity contribution in [3.05, 3.63) is 99.6 Å². The molecule has 0 bridgehead atoms. The van der Waals surface area contributed by atoms with Crippen molar-refractivity contribution in [2.45, 2.75) is 19.1 Å². The zero-order chi connectivity index (χ0) is 19.9. The van der Waals surface area contributed by atoms with Crippen LogP contribution in [0.1, 0.15) is 27.2 Å². The van der Waals surface area contributed by atoms with Gasteiger partial charge in [0.1, 0.15) is 11.5 Å². The Kier molecular flexibility index (Phi) is 6.71. The standard InChI is InChI=1S/C23H22O4S/c1-16-12-21(24)20(23(26)27-16)13-19(22(25)18-10-6-3-7-11-18)15-28-14-17-8-4-2-5-9-17/h2-12,19,24H,13-15H2,1H3. The first-order chi connectivity index (χ1) is 13.5. The van der Waals surface area contributed by atoms with Gasteiger partial charge in [0.2, 0.25) is 0 Å². The highest BCUT2D eigenvalue weighted by molar-refractivity contribution is 7.98. The summed E-state index contributed by atoms with van der Waals surface area (Å²) in [5.74, 6) is 1.06. The summed E-state index contributed by atoms with van der Waals surface area (Å²) in [6.45, 7) is 1.60. The molecule has 0 spiro atoms. The Morgan fingerprint density at radius 2 is 1.71 bits per heavy atom. The maximum Gasteiger partial charge on any atom is 0.342 e. The molecule has 1 heterocycles. The molecule has 0 fully saturated rings. The summed E-state index contributed by atoms with van der Waals surface area (Å²) >= 11 is 1.64. The molecule has 3 aromatic rings. The van der Waals surface area contributed by atoms with E-state index in [-0.39, 0.29) is 23.5 Å². The fourth-order valence-corrected chi connectivity index (χ4v) is 4.11. The van der Waals surface area contributed by atoms with Crippen LogP contribution in [-0.4, -0.2) is 16.6 Å². The maximum absolute atomic E-state index is 13.1. The quantitative estimate of drug-likeness (QED) is 0.564. The molecule has 1 atom stereocenters. The van der Waals surface area contributed by atoms with Gasteiger partial charge >= 0.3 is 5.63 Å². The lowest BCUT2D eigenvalue weighted by Crippen LogP contribution is -2.23. The minimum Gasteiger partial charge on any atom is -0.507 e. The molecule has 1 N–H and O–H groups in total. The lowest BCUT2D eigenvalue weighted by atomic mass is 9.93. The summed E-state index contributed by atoms with van der Waals surface area (Å²) < 4.78 is 5.12. The Labute approximate surface area is 168 Å². The molecule has 0 saturated heterocycles. The van der Waals surface area contributed by atoms with E-state index in [1.807, 2.05) is 48.5 Å². The summed E-state index contributed by atoms with van der Waals surface area (Å²) in [4.78, 5) is 25.3. The van der Waals surface area contributed by atoms with E-state index in [2.05, 4.69) is 0 Å². The number of benzene rings is 2. The van der Waals surface area contributed by atoms with Gasteiger partial charge in [0.25, 0.3) is 0 Å². The van der Waals surface area contributed by atoms with Crippen molar-refractivity contribution in [2.75, 3.05) is 5.75 Å². The number of Topliss-reactive ketones (excluding diaryl/α,β-unsaturated/α-hetero) is 1. The van der Waals surface area contributed by atoms with Crippen molar-refractivity contribution in [3.8, 4) is 5.75 Å². The second-order valence-electron chi connectivity index (χ2n) is 6.64. The SMILES string of the molecule is Cc1cc(O)c(CC(CSCc2ccccc2)C(=O)c2ccccc2)c(=O)o1. The predicted molar refractivity (Wildman–Crippen MR) is 112 cm³/mol. The van der Waals surface area contributed by atoms with Gasteiger partial charge in [0, 0.05) is 29.1 Å². The van der Waals surface area contributed by atoms with Gasteiger partial charge in [-0.3, -0.25) is 4.79 Å². The van der Waals surface area contributed by atoms with E-state index in [0.717, 1.165) is 5.75 Å². The highest BCUT2D eigenvalue weighted by atomic mass is 32.2. The Bertz CT molecular complexity index is 980. The van der Waals surface area contributed by atoms with Crippen LogP contribution in [0.2, 0.25) is 0 Å². The van der Waals surface area contributed by atoms with Crippen molar-refractivity contribution in [2.24, 2.45) is 5.92 Å². The Morgan fingerprint density at radius 3 is 2.36 bits per heavy atom. The molecule has 3 rings (SSSR count). The lowest BCUT2D eigenvalue weighted by Gasteiger charge is -2.16. The fraction of sp³-hybridized carbons (Fsp3) is 0.217. The van der Waals surface area contributed by atoms with E-state index in [0.29, 0.717) is 17.1 Å². The number of thioether (sulfide) groups is 1. The first-order valence-corrected chi connectivity index (χ1v) is 10.2. The van der Waals surface area contributed by atoms with E-state index in [1.165, 1.54) is 11.6 Å². The molecule has 0 saturated carbocycles. The van der Waals surface area contributed by atoms with Crippen molar-refractivity contribution in [3.63, 3.8) is 0 Å². The zero-order valence-electron chi connectivity index (χ0n) is 15.6. The molecule has 1 unspecified atom stereocenters. The van der Waals surface area contributed by atoms with Crippen LogP contribution < -0.4 is 5.63 Å². The van der Waals surface area contributed by atoms with E-state index in [9.17, 15) is 14.7 Å². The van der Waals surface area contributed by atoms with E-state index in [1.54, 1.807) is 30.8 Å². The summed E-state index contributed by atoms with van der Waals surface area (Å²) in [6.07, 6.45) is 0.143. The summed E-state index contributed by atoms with van der Waals surface area (Å²) in [6, 6.07) is 20.5. The fourth-order valence-electron chi connectivity index (χ4n) is 3.01. The molecule has 0 aliphatic rings. The van der Waals surface area contributed by atoms with Crippen LogP contribution in [0.25, 0.3) is 0 Å². The van der Waals surface area contributed by atoms with Gasteiger partial charge in [-0.25, -0.2) is 4.79 Å². The second kappa shape index (κ2) is 9.42. The summed E-state index contributed by atoms with van der Waals surface area (Å²) in [5.41, 5.74) is 1.34. The maximum atomic E-state index is 13.1. The minimum absolute atomic E-state index is 0.0412. The Morgan fingerprint density at radius 1 is 1.07 bits per heavy atom. The molecule has 28 heavy (non-hydrogen) atoms. The Balaban J connectivity index is 1.80. The average Bonchev–Trinajstić information content (AvgIpc) is 2.70. The monoisotopic (exact) mass is 394 g/mol. The van der Waals surface area contributed by atoms with Crippen LogP contribution in [-0.2, 0) is 12.2 Å². The van der Waals surface area contributed by atoms with Gasteiger partial charge in [0.15, 0.2) is 5.78 Å². The smallest absolute Gasteiger partial charge is 0.342 e. The number of hydrogen-bond acceptors (Lipinski definition) is 5. The van der Waals surface area contributed by atoms with Gasteiger partial charge < -0.3 is 9.52 Å². The van der Waals surface area contributed by atoms with Crippen LogP contribution in [0, 0.1) is 12.8 Å². The van der Waals surface area contributed by atoms with Gasteiger partial charge in [-0.2, -0.15) is 11.8 Å². The molecule has 144 valence electrons. The normalized spacial score (nSPS) is 11.9. The summed E-state index contributed by atoms with van der Waals surface area (Å²) in [5, 5.41) is 10.2. The molecule has 5 heteroatoms. The predicted octanol–water partition coefficient (Wildman–Crippen LogP) is 4.63. The molecular formula is C23H22O4S. The van der Waals surface area contributed by atoms with Gasteiger partial charge in [-0.1, -0.05) is 60.7 Å². The molecule has 4 nitrogen and oxygen atoms in total. The highest BCUT2D eigenvalue weighted by Crippen LogP contribution is 2.25. The number of ketones is 1. The number of aryl methyl sites for hydroxylation is 1. The topological polar surface area (TPSA) is 67.5 Å². The molecule has 0 aliphatic heterocycles. The molecule has 0 radical (unpaired) electrons. The molecular weight excluding hydrogens is 372 g/mol. The van der Waals surface area contributed by atoms with Crippen molar-refractivity contribution in [1.82, 2.24) is 0 Å². The minimum atomic E-state index is -0.587. The highest BCUT2D eigenvalue weighted by Gasteiger charge is 2.24. The van der Waals surface area contributed by atoms with Gasteiger partial charge in [0.05, 0.1) is 5.56 Å². The number of rotatable bonds is 8. The van der Waals surface area contributed by atoms with Crippen LogP contribution in [0.5, 0.6) is 5.75 Å². The van der Waals surface area contributed by atoms with Gasteiger partial charge in [-0.05, 0) is 18.9 Å². The molecule has 2 aromatic carbocycles. The van der Waals surface area contributed by atoms with E-state index >= 15 is 0 Å². The van der Waals surface area contributed by atoms with Crippen molar-refractivity contribution >= 4 is 17.5 Å². The van der Waals surface area contributed by atoms with Crippen molar-refractivity contribution < 1.29 is 14.3 Å². The summed E-state index contributed by atoms with van der Waals surface area (Å²) in [7, 11) is 0. The number of carbonyl (C=O) groups is 1. The number of carbonyl (C=O) groups excluding carboxylic acids is 1. The van der Waals surface area contributed by atoms with E-state index < -0.39 is 11.5 Å². The third-order valence-electron chi connectivity index (χ3n) is 4.46. The van der Waals surface area contributed by atoms with Crippen LogP contribution in [0.4, 0.5) is 0 Å². The molecule has 0 aliphatic carbocycles. The van der Waals surface area contributed by atoms with Crippen molar-refractivity contribution in [1.29, 1.82) is 0 Å². The van der Waals surface area contributed by atoms with Crippen LogP contribution >= 0.6 is 11.8 Å². The van der Waals surface area contributed by atoms with E-state index in [4.69, 9.17) is 4.42 Å². The van der Waals surface area contributed by atoms with Crippen LogP contribution in [0.3, 0.4) is 0 Å². The first kappa shape index (κ1) is 20.0. The Hall–Kier alpha value is -2.79. The lowest BCUT2D eigenvalue weighted by molar-refractivity contribution is 0.0931.